The second-order valence-electron chi connectivity index (χ2n) is 6.53. The molecule has 1 heterocycles. The van der Waals surface area contributed by atoms with Crippen LogP contribution in [0.25, 0.3) is 0 Å². The van der Waals surface area contributed by atoms with Gasteiger partial charge in [0.1, 0.15) is 12.4 Å². The van der Waals surface area contributed by atoms with Crippen molar-refractivity contribution in [2.45, 2.75) is 31.9 Å². The fourth-order valence-corrected chi connectivity index (χ4v) is 2.75. The van der Waals surface area contributed by atoms with Crippen molar-refractivity contribution in [2.24, 2.45) is 11.7 Å². The molecule has 1 fully saturated rings. The number of nitrogens with zero attached hydrogens (tertiary/aromatic N) is 1. The van der Waals surface area contributed by atoms with Crippen LogP contribution in [-0.2, 0) is 6.61 Å². The molecular formula is C19H23N3O2. The third-order valence-electron chi connectivity index (χ3n) is 4.53. The van der Waals surface area contributed by atoms with E-state index in [1.54, 1.807) is 24.5 Å². The molecule has 1 amide bonds. The number of amides is 1. The van der Waals surface area contributed by atoms with Gasteiger partial charge in [0.15, 0.2) is 0 Å². The first-order valence-electron chi connectivity index (χ1n) is 8.25. The highest BCUT2D eigenvalue weighted by Gasteiger charge is 2.41. The molecule has 5 heteroatoms. The van der Waals surface area contributed by atoms with Crippen LogP contribution in [0.1, 0.15) is 35.7 Å². The van der Waals surface area contributed by atoms with Crippen LogP contribution in [0.4, 0.5) is 0 Å². The van der Waals surface area contributed by atoms with Gasteiger partial charge in [0.2, 0.25) is 0 Å². The highest BCUT2D eigenvalue weighted by Crippen LogP contribution is 2.39. The van der Waals surface area contributed by atoms with Gasteiger partial charge in [-0.3, -0.25) is 9.78 Å². The number of hydrogen-bond donors (Lipinski definition) is 2. The Balaban J connectivity index is 1.65. The van der Waals surface area contributed by atoms with Gasteiger partial charge < -0.3 is 15.8 Å². The summed E-state index contributed by atoms with van der Waals surface area (Å²) in [6.45, 7) is 2.88. The zero-order valence-corrected chi connectivity index (χ0v) is 13.9. The van der Waals surface area contributed by atoms with Crippen molar-refractivity contribution in [3.8, 4) is 5.75 Å². The Hall–Kier alpha value is -2.40. The average molecular weight is 325 g/mol. The number of ether oxygens (including phenoxy) is 1. The summed E-state index contributed by atoms with van der Waals surface area (Å²) in [5.74, 6) is 1.03. The van der Waals surface area contributed by atoms with Gasteiger partial charge in [0, 0.05) is 30.1 Å². The second-order valence-corrected chi connectivity index (χ2v) is 6.53. The van der Waals surface area contributed by atoms with E-state index in [9.17, 15) is 4.79 Å². The van der Waals surface area contributed by atoms with Gasteiger partial charge in [0.05, 0.1) is 5.54 Å². The van der Waals surface area contributed by atoms with E-state index in [1.807, 2.05) is 31.2 Å². The molecule has 3 rings (SSSR count). The van der Waals surface area contributed by atoms with Gasteiger partial charge in [-0.15, -0.1) is 0 Å². The quantitative estimate of drug-likeness (QED) is 0.820. The predicted octanol–water partition coefficient (Wildman–Crippen LogP) is 2.52. The molecule has 0 radical (unpaired) electrons. The number of carbonyl (C=O) groups excluding carboxylic acids is 1. The summed E-state index contributed by atoms with van der Waals surface area (Å²) in [5.41, 5.74) is 7.11. The van der Waals surface area contributed by atoms with E-state index in [0.717, 1.165) is 18.4 Å². The van der Waals surface area contributed by atoms with Crippen molar-refractivity contribution in [1.82, 2.24) is 10.3 Å². The molecule has 1 aliphatic rings. The third-order valence-corrected chi connectivity index (χ3v) is 4.53. The maximum Gasteiger partial charge on any atom is 0.251 e. The Kier molecular flexibility index (Phi) is 4.81. The van der Waals surface area contributed by atoms with Crippen LogP contribution in [0.2, 0.25) is 0 Å². The van der Waals surface area contributed by atoms with Crippen molar-refractivity contribution < 1.29 is 9.53 Å². The number of carbonyl (C=O) groups is 1. The van der Waals surface area contributed by atoms with Crippen LogP contribution in [0, 0.1) is 5.92 Å². The predicted molar refractivity (Wildman–Crippen MR) is 92.7 cm³/mol. The summed E-state index contributed by atoms with van der Waals surface area (Å²) in [6.07, 6.45) is 5.74. The molecule has 0 bridgehead atoms. The number of aromatic nitrogens is 1. The van der Waals surface area contributed by atoms with Gasteiger partial charge in [-0.2, -0.15) is 0 Å². The minimum Gasteiger partial charge on any atom is -0.489 e. The first-order chi connectivity index (χ1) is 11.6. The largest absolute Gasteiger partial charge is 0.489 e. The summed E-state index contributed by atoms with van der Waals surface area (Å²) in [4.78, 5) is 16.6. The van der Waals surface area contributed by atoms with Crippen LogP contribution in [0.5, 0.6) is 5.75 Å². The van der Waals surface area contributed by atoms with Crippen molar-refractivity contribution in [2.75, 3.05) is 6.54 Å². The summed E-state index contributed by atoms with van der Waals surface area (Å²) in [6, 6.07) is 11.0. The Morgan fingerprint density at radius 1 is 1.38 bits per heavy atom. The molecular weight excluding hydrogens is 302 g/mol. The normalized spacial score (nSPS) is 16.2. The van der Waals surface area contributed by atoms with E-state index in [1.165, 1.54) is 0 Å². The average Bonchev–Trinajstić information content (AvgIpc) is 3.46. The van der Waals surface area contributed by atoms with Crippen LogP contribution >= 0.6 is 0 Å². The Labute approximate surface area is 142 Å². The Morgan fingerprint density at radius 2 is 2.21 bits per heavy atom. The van der Waals surface area contributed by atoms with Crippen molar-refractivity contribution in [1.29, 1.82) is 0 Å². The first kappa shape index (κ1) is 16.5. The number of benzene rings is 1. The highest BCUT2D eigenvalue weighted by molar-refractivity contribution is 5.95. The fraction of sp³-hybridized carbons (Fsp3) is 0.368. The number of nitrogens with two attached hydrogens (primary N) is 1. The van der Waals surface area contributed by atoms with Crippen LogP contribution < -0.4 is 15.8 Å². The minimum absolute atomic E-state index is 0.110. The lowest BCUT2D eigenvalue weighted by Gasteiger charge is -2.29. The van der Waals surface area contributed by atoms with Gasteiger partial charge in [-0.25, -0.2) is 0 Å². The topological polar surface area (TPSA) is 77.2 Å². The summed E-state index contributed by atoms with van der Waals surface area (Å²) in [5, 5.41) is 3.09. The zero-order chi connectivity index (χ0) is 17.0. The van der Waals surface area contributed by atoms with Crippen molar-refractivity contribution >= 4 is 5.91 Å². The lowest BCUT2D eigenvalue weighted by molar-refractivity contribution is 0.0897. The molecule has 1 aromatic heterocycles. The van der Waals surface area contributed by atoms with Crippen LogP contribution in [0.15, 0.2) is 48.8 Å². The van der Waals surface area contributed by atoms with E-state index >= 15 is 0 Å². The van der Waals surface area contributed by atoms with Gasteiger partial charge in [-0.1, -0.05) is 12.1 Å². The van der Waals surface area contributed by atoms with Gasteiger partial charge in [0.25, 0.3) is 5.91 Å². The maximum atomic E-state index is 12.5. The lowest BCUT2D eigenvalue weighted by Crippen LogP contribution is -2.53. The fourth-order valence-electron chi connectivity index (χ4n) is 2.75. The highest BCUT2D eigenvalue weighted by atomic mass is 16.5. The van der Waals surface area contributed by atoms with E-state index in [-0.39, 0.29) is 11.4 Å². The molecule has 3 N–H and O–H groups in total. The molecule has 0 spiro atoms. The Bertz CT molecular complexity index is 701. The maximum absolute atomic E-state index is 12.5. The van der Waals surface area contributed by atoms with E-state index in [0.29, 0.717) is 30.4 Å². The number of pyridine rings is 1. The smallest absolute Gasteiger partial charge is 0.251 e. The molecule has 0 saturated heterocycles. The molecule has 126 valence electrons. The standard InChI is InChI=1S/C19H23N3O2/c1-19(13-20,16-7-8-16)22-18(23)15-5-2-6-17(10-15)24-12-14-4-3-9-21-11-14/h2-6,9-11,16H,7-8,12-13,20H2,1H3,(H,22,23). The molecule has 5 nitrogen and oxygen atoms in total. The van der Waals surface area contributed by atoms with E-state index < -0.39 is 0 Å². The van der Waals surface area contributed by atoms with Gasteiger partial charge in [-0.05, 0) is 49.9 Å². The molecule has 1 atom stereocenters. The van der Waals surface area contributed by atoms with Crippen LogP contribution in [-0.4, -0.2) is 23.0 Å². The molecule has 0 aliphatic heterocycles. The molecule has 24 heavy (non-hydrogen) atoms. The Morgan fingerprint density at radius 3 is 2.88 bits per heavy atom. The summed E-state index contributed by atoms with van der Waals surface area (Å²) in [7, 11) is 0. The first-order valence-corrected chi connectivity index (χ1v) is 8.25. The monoisotopic (exact) mass is 325 g/mol. The third kappa shape index (κ3) is 3.92. The lowest BCUT2D eigenvalue weighted by atomic mass is 9.95. The van der Waals surface area contributed by atoms with Crippen LogP contribution in [0.3, 0.4) is 0 Å². The van der Waals surface area contributed by atoms with Gasteiger partial charge >= 0.3 is 0 Å². The number of hydrogen-bond acceptors (Lipinski definition) is 4. The number of rotatable bonds is 7. The van der Waals surface area contributed by atoms with Crippen molar-refractivity contribution in [3.63, 3.8) is 0 Å². The van der Waals surface area contributed by atoms with E-state index in [4.69, 9.17) is 10.5 Å². The number of nitrogens with one attached hydrogen (secondary N) is 1. The molecule has 1 unspecified atom stereocenters. The summed E-state index contributed by atoms with van der Waals surface area (Å²) < 4.78 is 5.75. The second kappa shape index (κ2) is 7.01. The molecule has 1 aromatic carbocycles. The molecule has 1 saturated carbocycles. The molecule has 2 aromatic rings. The zero-order valence-electron chi connectivity index (χ0n) is 13.9. The SMILES string of the molecule is CC(CN)(NC(=O)c1cccc(OCc2cccnc2)c1)C1CC1. The molecule has 1 aliphatic carbocycles. The minimum atomic E-state index is -0.330. The summed E-state index contributed by atoms with van der Waals surface area (Å²) >= 11 is 0. The van der Waals surface area contributed by atoms with E-state index in [2.05, 4.69) is 10.3 Å². The van der Waals surface area contributed by atoms with Crippen molar-refractivity contribution in [3.05, 3.63) is 59.9 Å².